The van der Waals surface area contributed by atoms with Crippen molar-refractivity contribution in [3.05, 3.63) is 48.0 Å². The summed E-state index contributed by atoms with van der Waals surface area (Å²) in [5.74, 6) is 0.349. The van der Waals surface area contributed by atoms with Gasteiger partial charge in [0.05, 0.1) is 19.1 Å². The number of para-hydroxylation sites is 2. The van der Waals surface area contributed by atoms with Gasteiger partial charge >= 0.3 is 0 Å². The van der Waals surface area contributed by atoms with E-state index in [1.807, 2.05) is 24.3 Å². The molecule has 8 heteroatoms. The number of aromatic nitrogens is 1. The van der Waals surface area contributed by atoms with Gasteiger partial charge in [0.25, 0.3) is 11.1 Å². The van der Waals surface area contributed by atoms with Gasteiger partial charge in [-0.25, -0.2) is 10.4 Å². The Hall–Kier alpha value is -3.00. The van der Waals surface area contributed by atoms with Crippen molar-refractivity contribution in [2.24, 2.45) is 5.10 Å². The molecule has 1 heterocycles. The molecule has 2 N–H and O–H groups in total. The Morgan fingerprint density at radius 2 is 2.24 bits per heavy atom. The van der Waals surface area contributed by atoms with Crippen molar-refractivity contribution in [1.29, 1.82) is 0 Å². The number of hydrogen-bond donors (Lipinski definition) is 2. The first kappa shape index (κ1) is 16.8. The highest BCUT2D eigenvalue weighted by Gasteiger charge is 2.08. The molecule has 0 unspecified atom stereocenters. The Balaban J connectivity index is 1.52. The molecule has 3 aromatic rings. The molecule has 0 spiro atoms. The number of carbonyl (C=O) groups is 1. The van der Waals surface area contributed by atoms with Crippen molar-refractivity contribution in [2.75, 3.05) is 12.9 Å². The average Bonchev–Trinajstić information content (AvgIpc) is 3.04. The Kier molecular flexibility index (Phi) is 5.20. The Morgan fingerprint density at radius 3 is 3.00 bits per heavy atom. The van der Waals surface area contributed by atoms with E-state index in [2.05, 4.69) is 15.5 Å². The number of ether oxygens (including phenoxy) is 1. The molecule has 1 aromatic heterocycles. The lowest BCUT2D eigenvalue weighted by molar-refractivity contribution is -0.118. The van der Waals surface area contributed by atoms with Gasteiger partial charge in [0.1, 0.15) is 17.0 Å². The minimum atomic E-state index is -0.309. The summed E-state index contributed by atoms with van der Waals surface area (Å²) >= 11 is 1.18. The predicted octanol–water partition coefficient (Wildman–Crippen LogP) is 2.78. The number of carbonyl (C=O) groups excluding carboxylic acids is 1. The number of nitrogens with zero attached hydrogens (tertiary/aromatic N) is 2. The molecule has 0 aliphatic rings. The Bertz CT molecular complexity index is 890. The monoisotopic (exact) mass is 357 g/mol. The fourth-order valence-corrected chi connectivity index (χ4v) is 2.64. The van der Waals surface area contributed by atoms with Crippen LogP contribution in [0, 0.1) is 0 Å². The molecule has 25 heavy (non-hydrogen) atoms. The first-order chi connectivity index (χ1) is 12.2. The lowest BCUT2D eigenvalue weighted by Gasteiger charge is -2.02. The highest BCUT2D eigenvalue weighted by atomic mass is 32.2. The Labute approximate surface area is 147 Å². The number of phenols is 1. The average molecular weight is 357 g/mol. The third-order valence-electron chi connectivity index (χ3n) is 3.23. The van der Waals surface area contributed by atoms with Gasteiger partial charge in [-0.2, -0.15) is 5.10 Å². The van der Waals surface area contributed by atoms with Crippen LogP contribution >= 0.6 is 11.8 Å². The first-order valence-corrected chi connectivity index (χ1v) is 8.31. The normalized spacial score (nSPS) is 11.1. The largest absolute Gasteiger partial charge is 0.507 e. The van der Waals surface area contributed by atoms with Crippen LogP contribution in [-0.2, 0) is 4.79 Å². The van der Waals surface area contributed by atoms with E-state index in [1.54, 1.807) is 12.1 Å². The van der Waals surface area contributed by atoms with Gasteiger partial charge in [0, 0.05) is 11.6 Å². The summed E-state index contributed by atoms with van der Waals surface area (Å²) in [5.41, 5.74) is 4.28. The third kappa shape index (κ3) is 4.30. The fraction of sp³-hybridized carbons (Fsp3) is 0.118. The van der Waals surface area contributed by atoms with Crippen molar-refractivity contribution >= 4 is 35.0 Å². The van der Waals surface area contributed by atoms with Crippen molar-refractivity contribution in [3.63, 3.8) is 0 Å². The standard InChI is InChI=1S/C17H15N3O4S/c1-23-12-7-6-11(14(21)8-12)9-18-20-16(22)10-25-17-19-13-4-2-3-5-15(13)24-17/h2-9,21H,10H2,1H3,(H,20,22)/b18-9+. The third-order valence-corrected chi connectivity index (χ3v) is 4.06. The number of hydrogen-bond acceptors (Lipinski definition) is 7. The zero-order valence-electron chi connectivity index (χ0n) is 13.3. The van der Waals surface area contributed by atoms with Crippen LogP contribution in [0.4, 0.5) is 0 Å². The molecule has 0 aliphatic carbocycles. The number of aromatic hydroxyl groups is 1. The van der Waals surface area contributed by atoms with Crippen molar-refractivity contribution in [1.82, 2.24) is 10.4 Å². The van der Waals surface area contributed by atoms with E-state index in [1.165, 1.54) is 31.2 Å². The molecule has 2 aromatic carbocycles. The van der Waals surface area contributed by atoms with Gasteiger partial charge in [-0.1, -0.05) is 23.9 Å². The maximum atomic E-state index is 11.8. The van der Waals surface area contributed by atoms with Crippen LogP contribution in [0.1, 0.15) is 5.56 Å². The van der Waals surface area contributed by atoms with Crippen LogP contribution in [0.25, 0.3) is 11.1 Å². The first-order valence-electron chi connectivity index (χ1n) is 7.33. The number of benzene rings is 2. The van der Waals surface area contributed by atoms with Crippen LogP contribution in [0.2, 0.25) is 0 Å². The molecular weight excluding hydrogens is 342 g/mol. The molecule has 3 rings (SSSR count). The number of rotatable bonds is 6. The van der Waals surface area contributed by atoms with E-state index in [0.29, 0.717) is 22.1 Å². The van der Waals surface area contributed by atoms with Gasteiger partial charge in [-0.3, -0.25) is 4.79 Å². The summed E-state index contributed by atoms with van der Waals surface area (Å²) in [6.45, 7) is 0. The van der Waals surface area contributed by atoms with Gasteiger partial charge in [-0.05, 0) is 24.3 Å². The molecule has 0 atom stereocenters. The fourth-order valence-electron chi connectivity index (χ4n) is 2.01. The summed E-state index contributed by atoms with van der Waals surface area (Å²) in [5, 5.41) is 14.0. The Morgan fingerprint density at radius 1 is 1.40 bits per heavy atom. The van der Waals surface area contributed by atoms with Crippen LogP contribution < -0.4 is 10.2 Å². The molecule has 128 valence electrons. The summed E-state index contributed by atoms with van der Waals surface area (Å²) in [4.78, 5) is 16.1. The maximum absolute atomic E-state index is 11.8. The van der Waals surface area contributed by atoms with E-state index in [0.717, 1.165) is 5.52 Å². The van der Waals surface area contributed by atoms with Crippen LogP contribution in [0.5, 0.6) is 11.5 Å². The number of fused-ring (bicyclic) bond motifs is 1. The van der Waals surface area contributed by atoms with Gasteiger partial charge < -0.3 is 14.3 Å². The summed E-state index contributed by atoms with van der Waals surface area (Å²) in [7, 11) is 1.51. The van der Waals surface area contributed by atoms with E-state index in [9.17, 15) is 9.90 Å². The summed E-state index contributed by atoms with van der Waals surface area (Å²) < 4.78 is 10.5. The van der Waals surface area contributed by atoms with Gasteiger partial charge in [0.2, 0.25) is 0 Å². The number of thioether (sulfide) groups is 1. The van der Waals surface area contributed by atoms with E-state index in [4.69, 9.17) is 9.15 Å². The number of nitrogens with one attached hydrogen (secondary N) is 1. The lowest BCUT2D eigenvalue weighted by atomic mass is 10.2. The second kappa shape index (κ2) is 7.71. The smallest absolute Gasteiger partial charge is 0.257 e. The molecule has 7 nitrogen and oxygen atoms in total. The van der Waals surface area contributed by atoms with Crippen molar-refractivity contribution in [2.45, 2.75) is 5.22 Å². The lowest BCUT2D eigenvalue weighted by Crippen LogP contribution is -2.19. The quantitative estimate of drug-likeness (QED) is 0.400. The van der Waals surface area contributed by atoms with Crippen LogP contribution in [-0.4, -0.2) is 35.1 Å². The number of oxazole rings is 1. The molecule has 0 radical (unpaired) electrons. The van der Waals surface area contributed by atoms with Crippen LogP contribution in [0.15, 0.2) is 57.2 Å². The SMILES string of the molecule is COc1ccc(/C=N/NC(=O)CSc2nc3ccccc3o2)c(O)c1. The van der Waals surface area contributed by atoms with E-state index < -0.39 is 0 Å². The molecule has 0 fully saturated rings. The zero-order chi connectivity index (χ0) is 17.6. The number of phenolic OH excluding ortho intramolecular Hbond substituents is 1. The molecule has 0 aliphatic heterocycles. The summed E-state index contributed by atoms with van der Waals surface area (Å²) in [6.07, 6.45) is 1.36. The second-order valence-electron chi connectivity index (χ2n) is 4.95. The molecule has 0 bridgehead atoms. The van der Waals surface area contributed by atoms with Gasteiger partial charge in [0.15, 0.2) is 5.58 Å². The van der Waals surface area contributed by atoms with Gasteiger partial charge in [-0.15, -0.1) is 0 Å². The molecule has 0 saturated carbocycles. The van der Waals surface area contributed by atoms with E-state index in [-0.39, 0.29) is 17.4 Å². The number of methoxy groups -OCH3 is 1. The molecular formula is C17H15N3O4S. The maximum Gasteiger partial charge on any atom is 0.257 e. The molecule has 1 amide bonds. The van der Waals surface area contributed by atoms with E-state index >= 15 is 0 Å². The summed E-state index contributed by atoms with van der Waals surface area (Å²) in [6, 6.07) is 12.2. The highest BCUT2D eigenvalue weighted by molar-refractivity contribution is 7.99. The second-order valence-corrected chi connectivity index (χ2v) is 5.88. The minimum Gasteiger partial charge on any atom is -0.507 e. The zero-order valence-corrected chi connectivity index (χ0v) is 14.1. The van der Waals surface area contributed by atoms with Crippen LogP contribution in [0.3, 0.4) is 0 Å². The topological polar surface area (TPSA) is 97.0 Å². The minimum absolute atomic E-state index is 0.0122. The molecule has 0 saturated heterocycles. The van der Waals surface area contributed by atoms with Crippen molar-refractivity contribution < 1.29 is 19.1 Å². The predicted molar refractivity (Wildman–Crippen MR) is 95.1 cm³/mol. The highest BCUT2D eigenvalue weighted by Crippen LogP contribution is 2.23. The van der Waals surface area contributed by atoms with Crippen molar-refractivity contribution in [3.8, 4) is 11.5 Å². The number of hydrazone groups is 1. The number of amides is 1.